The number of nitrogens with zero attached hydrogens (tertiary/aromatic N) is 4. The zero-order valence-corrected chi connectivity index (χ0v) is 17.9. The fourth-order valence-electron chi connectivity index (χ4n) is 3.49. The topological polar surface area (TPSA) is 62.5 Å². The van der Waals surface area contributed by atoms with Gasteiger partial charge in [-0.15, -0.1) is 24.8 Å². The quantitative estimate of drug-likeness (QED) is 0.280. The van der Waals surface area contributed by atoms with Gasteiger partial charge in [0.1, 0.15) is 5.39 Å². The highest BCUT2D eigenvalue weighted by atomic mass is 35.5. The van der Waals surface area contributed by atoms with Gasteiger partial charge in [-0.2, -0.15) is 0 Å². The second kappa shape index (κ2) is 10.4. The van der Waals surface area contributed by atoms with Crippen molar-refractivity contribution >= 4 is 58.0 Å². The maximum atomic E-state index is 11.7. The van der Waals surface area contributed by atoms with Crippen LogP contribution in [0.5, 0.6) is 0 Å². The molecule has 0 saturated carbocycles. The van der Waals surface area contributed by atoms with E-state index in [1.165, 1.54) is 0 Å². The number of para-hydroxylation sites is 1. The van der Waals surface area contributed by atoms with Crippen molar-refractivity contribution in [1.82, 2.24) is 9.99 Å². The van der Waals surface area contributed by atoms with E-state index in [1.807, 2.05) is 30.3 Å². The lowest BCUT2D eigenvalue weighted by Crippen LogP contribution is -2.43. The molecule has 0 N–H and O–H groups in total. The largest absolute Gasteiger partial charge is 0.304 e. The van der Waals surface area contributed by atoms with Crippen LogP contribution in [0.15, 0.2) is 42.5 Å². The summed E-state index contributed by atoms with van der Waals surface area (Å²) >= 11 is 0. The third kappa shape index (κ3) is 4.29. The molecule has 0 fully saturated rings. The second-order valence-corrected chi connectivity index (χ2v) is 6.17. The van der Waals surface area contributed by atoms with Crippen molar-refractivity contribution in [3.05, 3.63) is 52.6 Å². The van der Waals surface area contributed by atoms with Gasteiger partial charge in [0.05, 0.1) is 21.6 Å². The molecule has 1 heterocycles. The molecule has 1 aromatic heterocycles. The number of nitro benzene ring substituents is 1. The van der Waals surface area contributed by atoms with Crippen molar-refractivity contribution < 1.29 is 4.92 Å². The number of hydrazine groups is 1. The molecule has 3 aromatic rings. The molecular weight excluding hydrogens is 399 g/mol. The number of non-ortho nitro benzene ring substituents is 1. The average Bonchev–Trinajstić information content (AvgIpc) is 2.65. The van der Waals surface area contributed by atoms with Crippen molar-refractivity contribution in [2.75, 3.05) is 24.6 Å². The third-order valence-electron chi connectivity index (χ3n) is 4.62. The molecule has 0 bridgehead atoms. The van der Waals surface area contributed by atoms with Gasteiger partial charge in [0.2, 0.25) is 0 Å². The molecule has 6 nitrogen and oxygen atoms in total. The molecule has 0 unspecified atom stereocenters. The van der Waals surface area contributed by atoms with Crippen molar-refractivity contribution in [3.63, 3.8) is 0 Å². The Kier molecular flexibility index (Phi) is 8.88. The summed E-state index contributed by atoms with van der Waals surface area (Å²) in [6, 6.07) is 13.0. The molecule has 0 amide bonds. The number of pyridine rings is 1. The van der Waals surface area contributed by atoms with Gasteiger partial charge in [-0.3, -0.25) is 10.1 Å². The number of benzene rings is 2. The highest BCUT2D eigenvalue weighted by molar-refractivity contribution is 6.11. The summed E-state index contributed by atoms with van der Waals surface area (Å²) < 4.78 is 0. The maximum absolute atomic E-state index is 11.7. The summed E-state index contributed by atoms with van der Waals surface area (Å²) in [4.78, 5) is 16.1. The van der Waals surface area contributed by atoms with E-state index in [0.717, 1.165) is 42.6 Å². The Hall–Kier alpha value is -2.15. The van der Waals surface area contributed by atoms with Crippen LogP contribution in [0.4, 0.5) is 11.4 Å². The van der Waals surface area contributed by atoms with E-state index in [9.17, 15) is 10.1 Å². The van der Waals surface area contributed by atoms with Crippen LogP contribution in [0.3, 0.4) is 0 Å². The van der Waals surface area contributed by atoms with E-state index < -0.39 is 0 Å². The van der Waals surface area contributed by atoms with E-state index in [0.29, 0.717) is 10.9 Å². The van der Waals surface area contributed by atoms with Crippen molar-refractivity contribution in [3.8, 4) is 0 Å². The van der Waals surface area contributed by atoms with Gasteiger partial charge in [0.25, 0.3) is 5.69 Å². The van der Waals surface area contributed by atoms with Gasteiger partial charge in [-0.25, -0.2) is 9.99 Å². The number of hydrogen-bond acceptors (Lipinski definition) is 5. The minimum atomic E-state index is -0.311. The molecule has 0 saturated heterocycles. The molecule has 0 aliphatic rings. The second-order valence-electron chi connectivity index (χ2n) is 6.17. The summed E-state index contributed by atoms with van der Waals surface area (Å²) in [5, 5.41) is 17.7. The lowest BCUT2D eigenvalue weighted by molar-refractivity contribution is -0.383. The van der Waals surface area contributed by atoms with Gasteiger partial charge in [-0.05, 0) is 18.6 Å². The van der Waals surface area contributed by atoms with Crippen LogP contribution >= 0.6 is 24.8 Å². The Morgan fingerprint density at radius 1 is 0.964 bits per heavy atom. The van der Waals surface area contributed by atoms with Crippen LogP contribution in [0.2, 0.25) is 0 Å². The Bertz CT molecular complexity index is 948. The number of aromatic nitrogens is 1. The molecule has 28 heavy (non-hydrogen) atoms. The Labute approximate surface area is 177 Å². The molecular formula is C20H26Cl2N4O2. The number of hydrogen-bond donors (Lipinski definition) is 0. The highest BCUT2D eigenvalue weighted by Gasteiger charge is 2.24. The molecule has 2 aromatic carbocycles. The predicted molar refractivity (Wildman–Crippen MR) is 121 cm³/mol. The van der Waals surface area contributed by atoms with E-state index in [-0.39, 0.29) is 35.4 Å². The zero-order valence-electron chi connectivity index (χ0n) is 16.3. The minimum Gasteiger partial charge on any atom is -0.304 e. The van der Waals surface area contributed by atoms with Gasteiger partial charge in [-0.1, -0.05) is 45.0 Å². The first-order valence-corrected chi connectivity index (χ1v) is 9.10. The van der Waals surface area contributed by atoms with Gasteiger partial charge in [0.15, 0.2) is 0 Å². The summed E-state index contributed by atoms with van der Waals surface area (Å²) in [6.07, 6.45) is 0.940. The van der Waals surface area contributed by atoms with E-state index in [4.69, 9.17) is 0 Å². The Morgan fingerprint density at radius 2 is 1.61 bits per heavy atom. The molecule has 0 radical (unpaired) electrons. The fourth-order valence-corrected chi connectivity index (χ4v) is 3.49. The molecule has 0 spiro atoms. The van der Waals surface area contributed by atoms with E-state index in [2.05, 4.69) is 35.8 Å². The smallest absolute Gasteiger partial charge is 0.280 e. The lowest BCUT2D eigenvalue weighted by Gasteiger charge is -2.36. The van der Waals surface area contributed by atoms with Crippen LogP contribution in [0, 0.1) is 10.1 Å². The van der Waals surface area contributed by atoms with Gasteiger partial charge in [0, 0.05) is 31.1 Å². The monoisotopic (exact) mass is 424 g/mol. The van der Waals surface area contributed by atoms with Crippen LogP contribution in [0.25, 0.3) is 21.8 Å². The molecule has 152 valence electrons. The number of nitro groups is 1. The van der Waals surface area contributed by atoms with E-state index >= 15 is 0 Å². The number of rotatable bonds is 7. The Morgan fingerprint density at radius 3 is 2.21 bits per heavy atom. The normalized spacial score (nSPS) is 10.6. The van der Waals surface area contributed by atoms with Gasteiger partial charge < -0.3 is 5.01 Å². The first-order chi connectivity index (χ1) is 12.6. The lowest BCUT2D eigenvalue weighted by atomic mass is 10.1. The summed E-state index contributed by atoms with van der Waals surface area (Å²) in [5.74, 6) is 0. The number of fused-ring (bicyclic) bond motifs is 2. The van der Waals surface area contributed by atoms with E-state index in [1.54, 1.807) is 12.1 Å². The van der Waals surface area contributed by atoms with Crippen molar-refractivity contribution in [2.24, 2.45) is 0 Å². The van der Waals surface area contributed by atoms with Crippen LogP contribution < -0.4 is 5.01 Å². The molecule has 3 rings (SSSR count). The van der Waals surface area contributed by atoms with Crippen LogP contribution in [0.1, 0.15) is 27.2 Å². The maximum Gasteiger partial charge on any atom is 0.280 e. The summed E-state index contributed by atoms with van der Waals surface area (Å²) in [5.41, 5.74) is 2.48. The van der Waals surface area contributed by atoms with Crippen LogP contribution in [-0.4, -0.2) is 34.6 Å². The first-order valence-electron chi connectivity index (χ1n) is 9.10. The molecule has 0 aliphatic carbocycles. The molecule has 0 aliphatic heterocycles. The number of halogens is 2. The Balaban J connectivity index is 0.00000196. The number of anilines is 1. The van der Waals surface area contributed by atoms with Crippen LogP contribution in [-0.2, 0) is 0 Å². The molecule has 0 atom stereocenters. The predicted octanol–water partition coefficient (Wildman–Crippen LogP) is 5.61. The SMILES string of the molecule is CCCN(c1c2ccccc2nc2cccc([N+](=O)[O-])c12)N(CC)CC.Cl.Cl. The first kappa shape index (κ1) is 23.9. The fraction of sp³-hybridized carbons (Fsp3) is 0.350. The standard InChI is InChI=1S/C20H24N4O2.2ClH/c1-4-14-23(22(5-2)6-3)20-15-10-7-8-11-16(15)21-17-12-9-13-18(19(17)20)24(25)26;;/h7-13H,4-6,14H2,1-3H3;2*1H. The average molecular weight is 425 g/mol. The van der Waals surface area contributed by atoms with Gasteiger partial charge >= 0.3 is 0 Å². The summed E-state index contributed by atoms with van der Waals surface area (Å²) in [6.45, 7) is 8.77. The highest BCUT2D eigenvalue weighted by Crippen LogP contribution is 2.39. The van der Waals surface area contributed by atoms with Crippen molar-refractivity contribution in [1.29, 1.82) is 0 Å². The zero-order chi connectivity index (χ0) is 18.7. The molecule has 8 heteroatoms. The van der Waals surface area contributed by atoms with Crippen molar-refractivity contribution in [2.45, 2.75) is 27.2 Å². The minimum absolute atomic E-state index is 0. The third-order valence-corrected chi connectivity index (χ3v) is 4.62. The summed E-state index contributed by atoms with van der Waals surface area (Å²) in [7, 11) is 0.